The van der Waals surface area contributed by atoms with Gasteiger partial charge in [-0.25, -0.2) is 4.79 Å². The zero-order valence-electron chi connectivity index (χ0n) is 17.5. The number of ether oxygens (including phenoxy) is 3. The highest BCUT2D eigenvalue weighted by Crippen LogP contribution is 2.37. The smallest absolute Gasteiger partial charge is 0.338 e. The monoisotopic (exact) mass is 419 g/mol. The largest absolute Gasteiger partial charge is 0.493 e. The number of amides is 1. The maximum Gasteiger partial charge on any atom is 0.338 e. The molecule has 0 atom stereocenters. The van der Waals surface area contributed by atoms with Crippen LogP contribution in [-0.4, -0.2) is 31.7 Å². The molecule has 2 aromatic carbocycles. The Morgan fingerprint density at radius 1 is 1.07 bits per heavy atom. The van der Waals surface area contributed by atoms with Crippen molar-refractivity contribution in [1.29, 1.82) is 0 Å². The van der Waals surface area contributed by atoms with Crippen LogP contribution in [0.15, 0.2) is 24.3 Å². The van der Waals surface area contributed by atoms with Gasteiger partial charge in [0.05, 0.1) is 23.8 Å². The van der Waals surface area contributed by atoms with Gasteiger partial charge in [0, 0.05) is 5.69 Å². The van der Waals surface area contributed by atoms with Crippen LogP contribution in [0, 0.1) is 20.8 Å². The first-order valence-electron chi connectivity index (χ1n) is 9.21. The molecule has 2 rings (SSSR count). The second-order valence-corrected chi connectivity index (χ2v) is 7.46. The van der Waals surface area contributed by atoms with Crippen molar-refractivity contribution in [3.8, 4) is 11.5 Å². The van der Waals surface area contributed by atoms with Gasteiger partial charge in [0.15, 0.2) is 18.1 Å². The summed E-state index contributed by atoms with van der Waals surface area (Å²) in [4.78, 5) is 24.6. The Morgan fingerprint density at radius 3 is 2.24 bits per heavy atom. The normalized spacial score (nSPS) is 10.6. The van der Waals surface area contributed by atoms with Gasteiger partial charge < -0.3 is 19.5 Å². The minimum absolute atomic E-state index is 0.114. The number of carbonyl (C=O) groups is 2. The zero-order chi connectivity index (χ0) is 21.7. The lowest BCUT2D eigenvalue weighted by Gasteiger charge is -2.16. The van der Waals surface area contributed by atoms with Gasteiger partial charge in [-0.1, -0.05) is 29.3 Å². The fourth-order valence-electron chi connectivity index (χ4n) is 2.95. The molecule has 1 N–H and O–H groups in total. The van der Waals surface area contributed by atoms with Gasteiger partial charge in [-0.15, -0.1) is 0 Å². The van der Waals surface area contributed by atoms with E-state index in [4.69, 9.17) is 25.8 Å². The molecule has 0 unspecified atom stereocenters. The highest BCUT2D eigenvalue weighted by Gasteiger charge is 2.19. The maximum atomic E-state index is 12.4. The second kappa shape index (κ2) is 9.65. The molecular weight excluding hydrogens is 394 g/mol. The van der Waals surface area contributed by atoms with E-state index in [2.05, 4.69) is 5.32 Å². The van der Waals surface area contributed by atoms with E-state index in [0.717, 1.165) is 22.4 Å². The van der Waals surface area contributed by atoms with E-state index in [-0.39, 0.29) is 16.7 Å². The molecule has 156 valence electrons. The Morgan fingerprint density at radius 2 is 1.69 bits per heavy atom. The average molecular weight is 420 g/mol. The highest BCUT2D eigenvalue weighted by molar-refractivity contribution is 6.32. The molecule has 0 spiro atoms. The Hall–Kier alpha value is -2.73. The van der Waals surface area contributed by atoms with Crippen LogP contribution in [0.25, 0.3) is 0 Å². The third kappa shape index (κ3) is 5.87. The van der Waals surface area contributed by atoms with Gasteiger partial charge in [0.1, 0.15) is 0 Å². The van der Waals surface area contributed by atoms with E-state index >= 15 is 0 Å². The molecule has 0 aliphatic carbocycles. The van der Waals surface area contributed by atoms with Crippen molar-refractivity contribution in [2.24, 2.45) is 0 Å². The average Bonchev–Trinajstić information content (AvgIpc) is 2.63. The quantitative estimate of drug-likeness (QED) is 0.649. The minimum atomic E-state index is -0.686. The molecule has 29 heavy (non-hydrogen) atoms. The first-order chi connectivity index (χ1) is 13.6. The summed E-state index contributed by atoms with van der Waals surface area (Å²) in [7, 11) is 1.45. The molecule has 0 saturated heterocycles. The summed E-state index contributed by atoms with van der Waals surface area (Å²) in [6.45, 7) is 9.11. The number of halogens is 1. The Balaban J connectivity index is 2.07. The van der Waals surface area contributed by atoms with Gasteiger partial charge in [0.25, 0.3) is 5.91 Å². The number of benzene rings is 2. The van der Waals surface area contributed by atoms with Crippen LogP contribution in [0.1, 0.15) is 40.9 Å². The molecule has 6 nitrogen and oxygen atoms in total. The van der Waals surface area contributed by atoms with Crippen LogP contribution < -0.4 is 14.8 Å². The van der Waals surface area contributed by atoms with Crippen LogP contribution in [-0.2, 0) is 9.53 Å². The zero-order valence-corrected chi connectivity index (χ0v) is 18.3. The third-order valence-electron chi connectivity index (χ3n) is 4.09. The van der Waals surface area contributed by atoms with Crippen LogP contribution in [0.2, 0.25) is 5.02 Å². The summed E-state index contributed by atoms with van der Waals surface area (Å²) < 4.78 is 16.0. The second-order valence-electron chi connectivity index (χ2n) is 7.05. The molecule has 0 radical (unpaired) electrons. The standard InChI is InChI=1S/C22H26ClNO5/c1-12(2)29-21-17(23)9-16(10-18(21)27-6)22(26)28-11-19(25)24-20-14(4)7-13(3)8-15(20)5/h7-10,12H,11H2,1-6H3,(H,24,25). The van der Waals surface area contributed by atoms with Gasteiger partial charge >= 0.3 is 5.97 Å². The Bertz CT molecular complexity index is 901. The van der Waals surface area contributed by atoms with E-state index in [1.54, 1.807) is 0 Å². The van der Waals surface area contributed by atoms with Crippen LogP contribution in [0.3, 0.4) is 0 Å². The lowest BCUT2D eigenvalue weighted by Crippen LogP contribution is -2.22. The molecular formula is C22H26ClNO5. The number of hydrogen-bond acceptors (Lipinski definition) is 5. The number of carbonyl (C=O) groups excluding carboxylic acids is 2. The van der Waals surface area contributed by atoms with Crippen molar-refractivity contribution in [3.63, 3.8) is 0 Å². The molecule has 0 saturated carbocycles. The summed E-state index contributed by atoms with van der Waals surface area (Å²) in [5.41, 5.74) is 3.88. The number of anilines is 1. The molecule has 0 fully saturated rings. The van der Waals surface area contributed by atoms with Crippen molar-refractivity contribution in [2.75, 3.05) is 19.0 Å². The molecule has 0 aromatic heterocycles. The van der Waals surface area contributed by atoms with Crippen molar-refractivity contribution in [3.05, 3.63) is 51.5 Å². The minimum Gasteiger partial charge on any atom is -0.493 e. The van der Waals surface area contributed by atoms with E-state index in [1.807, 2.05) is 46.8 Å². The summed E-state index contributed by atoms with van der Waals surface area (Å²) >= 11 is 6.23. The topological polar surface area (TPSA) is 73.9 Å². The predicted molar refractivity (Wildman–Crippen MR) is 113 cm³/mol. The van der Waals surface area contributed by atoms with Gasteiger partial charge in [-0.05, 0) is 57.9 Å². The Kier molecular flexibility index (Phi) is 7.51. The van der Waals surface area contributed by atoms with Crippen molar-refractivity contribution in [2.45, 2.75) is 40.7 Å². The Labute approximate surface area is 176 Å². The number of esters is 1. The molecule has 0 aliphatic rings. The highest BCUT2D eigenvalue weighted by atomic mass is 35.5. The van der Waals surface area contributed by atoms with Crippen molar-refractivity contribution in [1.82, 2.24) is 0 Å². The van der Waals surface area contributed by atoms with E-state index in [0.29, 0.717) is 11.5 Å². The first kappa shape index (κ1) is 22.6. The lowest BCUT2D eigenvalue weighted by molar-refractivity contribution is -0.119. The fraction of sp³-hybridized carbons (Fsp3) is 0.364. The first-order valence-corrected chi connectivity index (χ1v) is 9.59. The fourth-order valence-corrected chi connectivity index (χ4v) is 3.21. The molecule has 1 amide bonds. The van der Waals surface area contributed by atoms with Crippen molar-refractivity contribution < 1.29 is 23.8 Å². The van der Waals surface area contributed by atoms with Gasteiger partial charge in [0.2, 0.25) is 0 Å². The summed E-state index contributed by atoms with van der Waals surface area (Å²) in [6.07, 6.45) is -0.114. The number of aryl methyl sites for hydroxylation is 3. The summed E-state index contributed by atoms with van der Waals surface area (Å²) in [5.74, 6) is -0.447. The summed E-state index contributed by atoms with van der Waals surface area (Å²) in [5, 5.41) is 3.01. The molecule has 0 bridgehead atoms. The van der Waals surface area contributed by atoms with E-state index in [9.17, 15) is 9.59 Å². The van der Waals surface area contributed by atoms with E-state index in [1.165, 1.54) is 19.2 Å². The molecule has 7 heteroatoms. The van der Waals surface area contributed by atoms with Gasteiger partial charge in [-0.2, -0.15) is 0 Å². The van der Waals surface area contributed by atoms with Crippen LogP contribution >= 0.6 is 11.6 Å². The maximum absolute atomic E-state index is 12.4. The number of methoxy groups -OCH3 is 1. The predicted octanol–water partition coefficient (Wildman–Crippen LogP) is 4.86. The van der Waals surface area contributed by atoms with Gasteiger partial charge in [-0.3, -0.25) is 4.79 Å². The number of hydrogen-bond donors (Lipinski definition) is 1. The molecule has 2 aromatic rings. The molecule has 0 heterocycles. The van der Waals surface area contributed by atoms with E-state index < -0.39 is 18.5 Å². The summed E-state index contributed by atoms with van der Waals surface area (Å²) in [6, 6.07) is 6.85. The lowest BCUT2D eigenvalue weighted by atomic mass is 10.1. The van der Waals surface area contributed by atoms with Crippen molar-refractivity contribution >= 4 is 29.2 Å². The number of nitrogens with one attached hydrogen (secondary N) is 1. The van der Waals surface area contributed by atoms with Crippen LogP contribution in [0.4, 0.5) is 5.69 Å². The molecule has 0 aliphatic heterocycles. The third-order valence-corrected chi connectivity index (χ3v) is 4.38. The SMILES string of the molecule is COc1cc(C(=O)OCC(=O)Nc2c(C)cc(C)cc2C)cc(Cl)c1OC(C)C. The number of rotatable bonds is 7. The van der Waals surface area contributed by atoms with Crippen LogP contribution in [0.5, 0.6) is 11.5 Å².